The van der Waals surface area contributed by atoms with Gasteiger partial charge in [0, 0.05) is 31.4 Å². The number of rotatable bonds is 5. The van der Waals surface area contributed by atoms with Gasteiger partial charge >= 0.3 is 0 Å². The number of halogens is 1. The molecule has 0 aromatic carbocycles. The van der Waals surface area contributed by atoms with E-state index in [-0.39, 0.29) is 5.56 Å². The van der Waals surface area contributed by atoms with E-state index in [0.29, 0.717) is 23.2 Å². The summed E-state index contributed by atoms with van der Waals surface area (Å²) < 4.78 is 3.80. The predicted molar refractivity (Wildman–Crippen MR) is 81.8 cm³/mol. The third-order valence-electron chi connectivity index (χ3n) is 3.23. The Morgan fingerprint density at radius 2 is 2.10 bits per heavy atom. The van der Waals surface area contributed by atoms with E-state index in [9.17, 15) is 4.79 Å². The molecule has 108 valence electrons. The number of nitrogens with zero attached hydrogens (tertiary/aromatic N) is 4. The molecule has 2 heterocycles. The van der Waals surface area contributed by atoms with Crippen molar-refractivity contribution in [1.82, 2.24) is 19.6 Å². The highest BCUT2D eigenvalue weighted by molar-refractivity contribution is 9.10. The molecule has 2 aromatic rings. The van der Waals surface area contributed by atoms with Crippen LogP contribution in [0.25, 0.3) is 0 Å². The molecule has 20 heavy (non-hydrogen) atoms. The van der Waals surface area contributed by atoms with Crippen LogP contribution in [0.4, 0.5) is 5.69 Å². The number of hydrogen-bond donors (Lipinski definition) is 1. The molecule has 0 aliphatic carbocycles. The highest BCUT2D eigenvalue weighted by Gasteiger charge is 2.09. The largest absolute Gasteiger partial charge is 0.378 e. The monoisotopic (exact) mass is 339 g/mol. The first kappa shape index (κ1) is 14.8. The van der Waals surface area contributed by atoms with Crippen LogP contribution in [-0.2, 0) is 20.1 Å². The predicted octanol–water partition coefficient (Wildman–Crippen LogP) is 2.07. The lowest BCUT2D eigenvalue weighted by Crippen LogP contribution is -2.24. The summed E-state index contributed by atoms with van der Waals surface area (Å²) in [6.45, 7) is 5.26. The third kappa shape index (κ3) is 2.92. The minimum Gasteiger partial charge on any atom is -0.378 e. The van der Waals surface area contributed by atoms with Crippen LogP contribution in [0, 0.1) is 6.92 Å². The van der Waals surface area contributed by atoms with E-state index in [4.69, 9.17) is 0 Å². The maximum Gasteiger partial charge on any atom is 0.283 e. The van der Waals surface area contributed by atoms with Gasteiger partial charge < -0.3 is 5.32 Å². The average Bonchev–Trinajstić information content (AvgIpc) is 2.75. The van der Waals surface area contributed by atoms with Crippen LogP contribution in [0.2, 0.25) is 0 Å². The van der Waals surface area contributed by atoms with Gasteiger partial charge in [0.05, 0.1) is 18.1 Å². The van der Waals surface area contributed by atoms with Gasteiger partial charge in [-0.3, -0.25) is 9.48 Å². The molecule has 2 aromatic heterocycles. The second-order valence-corrected chi connectivity index (χ2v) is 5.43. The van der Waals surface area contributed by atoms with Crippen molar-refractivity contribution in [2.24, 2.45) is 7.05 Å². The number of hydrogen-bond acceptors (Lipinski definition) is 4. The highest BCUT2D eigenvalue weighted by Crippen LogP contribution is 2.18. The molecule has 0 fully saturated rings. The van der Waals surface area contributed by atoms with Crippen molar-refractivity contribution in [3.63, 3.8) is 0 Å². The lowest BCUT2D eigenvalue weighted by atomic mass is 10.2. The standard InChI is InChI=1S/C13H18BrN5O/c1-4-5-19-13(20)12(14)11(8-17-19)15-6-10-7-16-18(3)9(10)2/h7-8,15H,4-6H2,1-3H3. The van der Waals surface area contributed by atoms with Crippen LogP contribution in [-0.4, -0.2) is 19.6 Å². The molecule has 1 N–H and O–H groups in total. The maximum atomic E-state index is 12.1. The fourth-order valence-corrected chi connectivity index (χ4v) is 2.31. The topological polar surface area (TPSA) is 64.7 Å². The van der Waals surface area contributed by atoms with Crippen molar-refractivity contribution in [3.05, 3.63) is 38.5 Å². The molecule has 0 unspecified atom stereocenters. The van der Waals surface area contributed by atoms with Crippen LogP contribution in [0.1, 0.15) is 24.6 Å². The first-order valence-electron chi connectivity index (χ1n) is 6.51. The molecule has 0 amide bonds. The van der Waals surface area contributed by atoms with E-state index in [1.807, 2.05) is 31.8 Å². The Labute approximate surface area is 125 Å². The van der Waals surface area contributed by atoms with Crippen LogP contribution < -0.4 is 10.9 Å². The van der Waals surface area contributed by atoms with Crippen molar-refractivity contribution >= 4 is 21.6 Å². The quantitative estimate of drug-likeness (QED) is 0.905. The summed E-state index contributed by atoms with van der Waals surface area (Å²) in [4.78, 5) is 12.1. The van der Waals surface area contributed by atoms with Gasteiger partial charge in [-0.25, -0.2) is 4.68 Å². The molecule has 0 aliphatic heterocycles. The summed E-state index contributed by atoms with van der Waals surface area (Å²) in [6, 6.07) is 0. The minimum absolute atomic E-state index is 0.111. The first-order valence-corrected chi connectivity index (χ1v) is 7.30. The van der Waals surface area contributed by atoms with Crippen molar-refractivity contribution in [2.45, 2.75) is 33.4 Å². The fraction of sp³-hybridized carbons (Fsp3) is 0.462. The average molecular weight is 340 g/mol. The summed E-state index contributed by atoms with van der Waals surface area (Å²) in [7, 11) is 1.90. The van der Waals surface area contributed by atoms with E-state index in [0.717, 1.165) is 17.7 Å². The fourth-order valence-electron chi connectivity index (χ4n) is 1.87. The Bertz CT molecular complexity index is 661. The van der Waals surface area contributed by atoms with Gasteiger partial charge in [0.2, 0.25) is 0 Å². The summed E-state index contributed by atoms with van der Waals surface area (Å²) >= 11 is 3.34. The van der Waals surface area contributed by atoms with Gasteiger partial charge in [-0.2, -0.15) is 10.2 Å². The summed E-state index contributed by atoms with van der Waals surface area (Å²) in [6.07, 6.45) is 4.37. The van der Waals surface area contributed by atoms with E-state index in [1.165, 1.54) is 4.68 Å². The Morgan fingerprint density at radius 3 is 2.70 bits per heavy atom. The molecule has 0 atom stereocenters. The highest BCUT2D eigenvalue weighted by atomic mass is 79.9. The molecular weight excluding hydrogens is 322 g/mol. The van der Waals surface area contributed by atoms with Gasteiger partial charge in [0.25, 0.3) is 5.56 Å². The van der Waals surface area contributed by atoms with Crippen LogP contribution in [0.3, 0.4) is 0 Å². The van der Waals surface area contributed by atoms with Crippen LogP contribution >= 0.6 is 15.9 Å². The number of aryl methyl sites for hydroxylation is 2. The Balaban J connectivity index is 2.16. The van der Waals surface area contributed by atoms with Gasteiger partial charge in [0.1, 0.15) is 4.47 Å². The Morgan fingerprint density at radius 1 is 1.35 bits per heavy atom. The van der Waals surface area contributed by atoms with E-state index in [1.54, 1.807) is 6.20 Å². The van der Waals surface area contributed by atoms with E-state index >= 15 is 0 Å². The SMILES string of the molecule is CCCn1ncc(NCc2cnn(C)c2C)c(Br)c1=O. The third-order valence-corrected chi connectivity index (χ3v) is 3.99. The smallest absolute Gasteiger partial charge is 0.283 e. The molecular formula is C13H18BrN5O. The molecule has 6 nitrogen and oxygen atoms in total. The van der Waals surface area contributed by atoms with Crippen molar-refractivity contribution in [3.8, 4) is 0 Å². The maximum absolute atomic E-state index is 12.1. The minimum atomic E-state index is -0.111. The van der Waals surface area contributed by atoms with Crippen molar-refractivity contribution in [1.29, 1.82) is 0 Å². The molecule has 7 heteroatoms. The van der Waals surface area contributed by atoms with Gasteiger partial charge in [-0.05, 0) is 29.3 Å². The Kier molecular flexibility index (Phi) is 4.59. The zero-order valence-corrected chi connectivity index (χ0v) is 13.4. The van der Waals surface area contributed by atoms with E-state index < -0.39 is 0 Å². The molecule has 0 saturated carbocycles. The lowest BCUT2D eigenvalue weighted by molar-refractivity contribution is 0.566. The number of aromatic nitrogens is 4. The Hall–Kier alpha value is -1.63. The summed E-state index contributed by atoms with van der Waals surface area (Å²) in [5.74, 6) is 0. The lowest BCUT2D eigenvalue weighted by Gasteiger charge is -2.09. The first-order chi connectivity index (χ1) is 9.54. The second-order valence-electron chi connectivity index (χ2n) is 4.63. The van der Waals surface area contributed by atoms with Gasteiger partial charge in [0.15, 0.2) is 0 Å². The molecule has 0 spiro atoms. The number of anilines is 1. The van der Waals surface area contributed by atoms with Gasteiger partial charge in [-0.1, -0.05) is 6.92 Å². The summed E-state index contributed by atoms with van der Waals surface area (Å²) in [5.41, 5.74) is 2.78. The normalized spacial score (nSPS) is 10.8. The zero-order chi connectivity index (χ0) is 14.7. The molecule has 2 rings (SSSR count). The zero-order valence-electron chi connectivity index (χ0n) is 11.9. The molecule has 0 bridgehead atoms. The summed E-state index contributed by atoms with van der Waals surface area (Å²) in [5, 5.41) is 11.6. The van der Waals surface area contributed by atoms with E-state index in [2.05, 4.69) is 31.4 Å². The number of nitrogens with one attached hydrogen (secondary N) is 1. The molecule has 0 radical (unpaired) electrons. The van der Waals surface area contributed by atoms with Crippen LogP contribution in [0.15, 0.2) is 21.7 Å². The second kappa shape index (κ2) is 6.21. The van der Waals surface area contributed by atoms with Crippen LogP contribution in [0.5, 0.6) is 0 Å². The molecule has 0 aliphatic rings. The van der Waals surface area contributed by atoms with Crippen molar-refractivity contribution in [2.75, 3.05) is 5.32 Å². The molecule has 0 saturated heterocycles. The van der Waals surface area contributed by atoms with Gasteiger partial charge in [-0.15, -0.1) is 0 Å². The van der Waals surface area contributed by atoms with Crippen molar-refractivity contribution < 1.29 is 0 Å².